The molecule has 1 aliphatic carbocycles. The van der Waals surface area contributed by atoms with Crippen molar-refractivity contribution in [3.63, 3.8) is 0 Å². The topological polar surface area (TPSA) is 29.5 Å². The summed E-state index contributed by atoms with van der Waals surface area (Å²) in [4.78, 5) is 0. The Morgan fingerprint density at radius 3 is 2.62 bits per heavy atom. The van der Waals surface area contributed by atoms with Gasteiger partial charge in [-0.25, -0.2) is 0 Å². The highest BCUT2D eigenvalue weighted by atomic mass is 16.5. The Morgan fingerprint density at radius 1 is 1.31 bits per heavy atom. The molecule has 2 nitrogen and oxygen atoms in total. The van der Waals surface area contributed by atoms with Gasteiger partial charge in [-0.3, -0.25) is 0 Å². The first kappa shape index (κ1) is 11.6. The molecular weight excluding hydrogens is 200 g/mol. The smallest absolute Gasteiger partial charge is 0.0700 e. The number of hydrogen-bond acceptors (Lipinski definition) is 2. The van der Waals surface area contributed by atoms with Crippen molar-refractivity contribution in [2.45, 2.75) is 44.3 Å². The van der Waals surface area contributed by atoms with Crippen LogP contribution in [0.25, 0.3) is 0 Å². The first-order chi connectivity index (χ1) is 7.72. The van der Waals surface area contributed by atoms with Crippen LogP contribution in [0.3, 0.4) is 0 Å². The van der Waals surface area contributed by atoms with Gasteiger partial charge in [-0.05, 0) is 25.3 Å². The zero-order valence-electron chi connectivity index (χ0n) is 9.86. The van der Waals surface area contributed by atoms with Crippen LogP contribution in [0.4, 0.5) is 0 Å². The fourth-order valence-electron chi connectivity index (χ4n) is 2.37. The van der Waals surface area contributed by atoms with Gasteiger partial charge in [0.1, 0.15) is 0 Å². The van der Waals surface area contributed by atoms with Gasteiger partial charge in [0.25, 0.3) is 0 Å². The lowest BCUT2D eigenvalue weighted by Gasteiger charge is -2.43. The van der Waals surface area contributed by atoms with E-state index in [-0.39, 0.29) is 6.10 Å². The van der Waals surface area contributed by atoms with E-state index in [4.69, 9.17) is 4.74 Å². The van der Waals surface area contributed by atoms with Crippen LogP contribution in [-0.4, -0.2) is 23.4 Å². The summed E-state index contributed by atoms with van der Waals surface area (Å²) in [6, 6.07) is 10.3. The summed E-state index contributed by atoms with van der Waals surface area (Å²) in [5.74, 6) is 0. The number of aliphatic hydroxyl groups is 1. The van der Waals surface area contributed by atoms with Gasteiger partial charge in [-0.2, -0.15) is 0 Å². The van der Waals surface area contributed by atoms with Gasteiger partial charge >= 0.3 is 0 Å². The van der Waals surface area contributed by atoms with Gasteiger partial charge < -0.3 is 9.84 Å². The maximum absolute atomic E-state index is 10.2. The third-order valence-electron chi connectivity index (χ3n) is 3.34. The zero-order chi connectivity index (χ0) is 11.4. The molecule has 0 saturated heterocycles. The first-order valence-corrected chi connectivity index (χ1v) is 6.10. The minimum Gasteiger partial charge on any atom is -0.390 e. The van der Waals surface area contributed by atoms with Crippen molar-refractivity contribution in [2.75, 3.05) is 6.61 Å². The summed E-state index contributed by atoms with van der Waals surface area (Å²) in [7, 11) is 0. The van der Waals surface area contributed by atoms with Crippen LogP contribution in [0.2, 0.25) is 0 Å². The summed E-state index contributed by atoms with van der Waals surface area (Å²) < 4.78 is 5.47. The van der Waals surface area contributed by atoms with Crippen molar-refractivity contribution >= 4 is 0 Å². The second kappa shape index (κ2) is 4.98. The van der Waals surface area contributed by atoms with E-state index in [1.165, 1.54) is 5.56 Å². The quantitative estimate of drug-likeness (QED) is 0.826. The zero-order valence-corrected chi connectivity index (χ0v) is 9.86. The molecular formula is C14H20O2. The second-order valence-electron chi connectivity index (χ2n) is 4.70. The molecule has 1 fully saturated rings. The first-order valence-electron chi connectivity index (χ1n) is 6.10. The highest BCUT2D eigenvalue weighted by Gasteiger charge is 2.42. The van der Waals surface area contributed by atoms with Crippen molar-refractivity contribution < 1.29 is 9.84 Å². The molecule has 1 aliphatic rings. The predicted molar refractivity (Wildman–Crippen MR) is 64.4 cm³/mol. The van der Waals surface area contributed by atoms with Crippen molar-refractivity contribution in [2.24, 2.45) is 0 Å². The van der Waals surface area contributed by atoms with Gasteiger partial charge in [0.2, 0.25) is 0 Å². The molecule has 0 amide bonds. The molecule has 1 saturated carbocycles. The molecule has 0 heterocycles. The number of hydrogen-bond donors (Lipinski definition) is 1. The van der Waals surface area contributed by atoms with Gasteiger partial charge in [0.15, 0.2) is 0 Å². The molecule has 88 valence electrons. The van der Waals surface area contributed by atoms with Crippen molar-refractivity contribution in [1.82, 2.24) is 0 Å². The molecule has 16 heavy (non-hydrogen) atoms. The van der Waals surface area contributed by atoms with Crippen molar-refractivity contribution in [3.8, 4) is 0 Å². The molecule has 1 aromatic carbocycles. The Morgan fingerprint density at radius 2 is 2.00 bits per heavy atom. The average Bonchev–Trinajstić information content (AvgIpc) is 2.26. The average molecular weight is 220 g/mol. The van der Waals surface area contributed by atoms with E-state index in [0.29, 0.717) is 0 Å². The molecule has 0 bridgehead atoms. The number of ether oxygens (including phenoxy) is 1. The molecule has 0 spiro atoms. The van der Waals surface area contributed by atoms with Crippen molar-refractivity contribution in [3.05, 3.63) is 35.9 Å². The maximum Gasteiger partial charge on any atom is 0.0700 e. The van der Waals surface area contributed by atoms with E-state index in [1.54, 1.807) is 0 Å². The van der Waals surface area contributed by atoms with Gasteiger partial charge in [-0.15, -0.1) is 0 Å². The number of rotatable bonds is 5. The van der Waals surface area contributed by atoms with Crippen LogP contribution < -0.4 is 0 Å². The summed E-state index contributed by atoms with van der Waals surface area (Å²) in [5.41, 5.74) is 0.825. The van der Waals surface area contributed by atoms with Gasteiger partial charge in [-0.1, -0.05) is 30.3 Å². The van der Waals surface area contributed by atoms with Crippen LogP contribution in [0.1, 0.15) is 31.7 Å². The lowest BCUT2D eigenvalue weighted by atomic mass is 9.74. The third kappa shape index (κ3) is 2.83. The second-order valence-corrected chi connectivity index (χ2v) is 4.70. The van der Waals surface area contributed by atoms with E-state index in [2.05, 4.69) is 12.1 Å². The minimum absolute atomic E-state index is 0.283. The minimum atomic E-state index is -0.477. The van der Waals surface area contributed by atoms with E-state index in [9.17, 15) is 5.11 Å². The normalized spacial score (nSPS) is 28.8. The highest BCUT2D eigenvalue weighted by molar-refractivity contribution is 5.15. The summed E-state index contributed by atoms with van der Waals surface area (Å²) in [5, 5.41) is 10.2. The predicted octanol–water partition coefficient (Wildman–Crippen LogP) is 2.55. The molecule has 0 aliphatic heterocycles. The monoisotopic (exact) mass is 220 g/mol. The van der Waals surface area contributed by atoms with Crippen LogP contribution in [0, 0.1) is 0 Å². The molecule has 0 aromatic heterocycles. The summed E-state index contributed by atoms with van der Waals surface area (Å²) >= 11 is 0. The molecule has 2 heteroatoms. The fraction of sp³-hybridized carbons (Fsp3) is 0.571. The molecule has 1 aromatic rings. The molecule has 0 unspecified atom stereocenters. The van der Waals surface area contributed by atoms with Crippen LogP contribution >= 0.6 is 0 Å². The molecule has 2 rings (SSSR count). The Hall–Kier alpha value is -0.860. The number of benzene rings is 1. The molecule has 1 N–H and O–H groups in total. The SMILES string of the molecule is CCOC1CC(O)(CCc2ccccc2)C1. The highest BCUT2D eigenvalue weighted by Crippen LogP contribution is 2.37. The molecule has 0 radical (unpaired) electrons. The summed E-state index contributed by atoms with van der Waals surface area (Å²) in [6.07, 6.45) is 3.68. The summed E-state index contributed by atoms with van der Waals surface area (Å²) in [6.45, 7) is 2.75. The lowest BCUT2D eigenvalue weighted by molar-refractivity contribution is -0.140. The van der Waals surface area contributed by atoms with Crippen molar-refractivity contribution in [1.29, 1.82) is 0 Å². The van der Waals surface area contributed by atoms with E-state index in [1.807, 2.05) is 25.1 Å². The largest absolute Gasteiger partial charge is 0.390 e. The van der Waals surface area contributed by atoms with Crippen LogP contribution in [0.15, 0.2) is 30.3 Å². The Labute approximate surface area is 97.3 Å². The Kier molecular flexibility index (Phi) is 3.62. The van der Waals surface area contributed by atoms with Crippen LogP contribution in [-0.2, 0) is 11.2 Å². The maximum atomic E-state index is 10.2. The van der Waals surface area contributed by atoms with Gasteiger partial charge in [0.05, 0.1) is 11.7 Å². The van der Waals surface area contributed by atoms with Gasteiger partial charge in [0, 0.05) is 19.4 Å². The van der Waals surface area contributed by atoms with Crippen LogP contribution in [0.5, 0.6) is 0 Å². The lowest BCUT2D eigenvalue weighted by Crippen LogP contribution is -2.48. The standard InChI is InChI=1S/C14H20O2/c1-2-16-13-10-14(15,11-13)9-8-12-6-4-3-5-7-12/h3-7,13,15H,2,8-11H2,1H3. The molecule has 0 atom stereocenters. The number of aryl methyl sites for hydroxylation is 1. The van der Waals surface area contributed by atoms with E-state index < -0.39 is 5.60 Å². The fourth-order valence-corrected chi connectivity index (χ4v) is 2.37. The Bertz CT molecular complexity index is 315. The third-order valence-corrected chi connectivity index (χ3v) is 3.34. The van der Waals surface area contributed by atoms with E-state index >= 15 is 0 Å². The Balaban J connectivity index is 1.75. The van der Waals surface area contributed by atoms with E-state index in [0.717, 1.165) is 32.3 Å².